The fourth-order valence-corrected chi connectivity index (χ4v) is 3.73. The third-order valence-corrected chi connectivity index (χ3v) is 5.02. The molecular weight excluding hydrogens is 298 g/mol. The standard InChI is InChI=1S/C17H27NO3S/c1-6-9-10-12(7-2)15(19)18-16-14(17(20)21-5)13(8-3)11(4)22-16/h12H,6-10H2,1-5H3,(H,18,19). The summed E-state index contributed by atoms with van der Waals surface area (Å²) >= 11 is 1.46. The van der Waals surface area contributed by atoms with Crippen LogP contribution in [0.3, 0.4) is 0 Å². The van der Waals surface area contributed by atoms with Gasteiger partial charge < -0.3 is 10.1 Å². The number of aryl methyl sites for hydroxylation is 1. The van der Waals surface area contributed by atoms with Crippen molar-refractivity contribution < 1.29 is 14.3 Å². The van der Waals surface area contributed by atoms with E-state index in [0.29, 0.717) is 10.6 Å². The Morgan fingerprint density at radius 3 is 2.45 bits per heavy atom. The number of carbonyl (C=O) groups excluding carboxylic acids is 2. The summed E-state index contributed by atoms with van der Waals surface area (Å²) in [5.41, 5.74) is 1.49. The van der Waals surface area contributed by atoms with Gasteiger partial charge in [0.2, 0.25) is 5.91 Å². The van der Waals surface area contributed by atoms with Crippen molar-refractivity contribution in [1.29, 1.82) is 0 Å². The molecule has 0 fully saturated rings. The molecule has 0 radical (unpaired) electrons. The lowest BCUT2D eigenvalue weighted by Gasteiger charge is -2.14. The van der Waals surface area contributed by atoms with Crippen molar-refractivity contribution in [3.8, 4) is 0 Å². The zero-order chi connectivity index (χ0) is 16.7. The molecule has 0 spiro atoms. The second-order valence-electron chi connectivity index (χ2n) is 5.42. The van der Waals surface area contributed by atoms with E-state index < -0.39 is 0 Å². The van der Waals surface area contributed by atoms with Crippen LogP contribution in [0.2, 0.25) is 0 Å². The Hall–Kier alpha value is -1.36. The number of amides is 1. The van der Waals surface area contributed by atoms with Crippen LogP contribution in [0.4, 0.5) is 5.00 Å². The summed E-state index contributed by atoms with van der Waals surface area (Å²) in [7, 11) is 1.37. The maximum atomic E-state index is 12.5. The van der Waals surface area contributed by atoms with E-state index in [1.165, 1.54) is 18.4 Å². The number of methoxy groups -OCH3 is 1. The van der Waals surface area contributed by atoms with Gasteiger partial charge in [0.25, 0.3) is 0 Å². The molecular formula is C17H27NO3S. The SMILES string of the molecule is CCCCC(CC)C(=O)Nc1sc(C)c(CC)c1C(=O)OC. The van der Waals surface area contributed by atoms with E-state index >= 15 is 0 Å². The Kier molecular flexibility index (Phi) is 7.59. The average Bonchev–Trinajstić information content (AvgIpc) is 2.82. The van der Waals surface area contributed by atoms with Crippen molar-refractivity contribution >= 4 is 28.2 Å². The van der Waals surface area contributed by atoms with Gasteiger partial charge in [0.1, 0.15) is 5.00 Å². The number of thiophene rings is 1. The first-order chi connectivity index (χ1) is 10.5. The summed E-state index contributed by atoms with van der Waals surface area (Å²) < 4.78 is 4.88. The maximum absolute atomic E-state index is 12.5. The highest BCUT2D eigenvalue weighted by atomic mass is 32.1. The monoisotopic (exact) mass is 325 g/mol. The van der Waals surface area contributed by atoms with Gasteiger partial charge in [0, 0.05) is 10.8 Å². The molecule has 5 heteroatoms. The quantitative estimate of drug-likeness (QED) is 0.713. The first kappa shape index (κ1) is 18.7. The molecule has 0 aliphatic rings. The lowest BCUT2D eigenvalue weighted by molar-refractivity contribution is -0.120. The van der Waals surface area contributed by atoms with Crippen LogP contribution in [0.15, 0.2) is 0 Å². The van der Waals surface area contributed by atoms with Crippen LogP contribution < -0.4 is 5.32 Å². The van der Waals surface area contributed by atoms with Crippen molar-refractivity contribution in [1.82, 2.24) is 0 Å². The smallest absolute Gasteiger partial charge is 0.341 e. The lowest BCUT2D eigenvalue weighted by atomic mass is 9.98. The molecule has 1 amide bonds. The molecule has 1 aromatic heterocycles. The summed E-state index contributed by atoms with van der Waals surface area (Å²) in [6, 6.07) is 0. The summed E-state index contributed by atoms with van der Waals surface area (Å²) in [5, 5.41) is 3.59. The zero-order valence-corrected chi connectivity index (χ0v) is 15.1. The van der Waals surface area contributed by atoms with Gasteiger partial charge in [-0.25, -0.2) is 4.79 Å². The van der Waals surface area contributed by atoms with E-state index in [0.717, 1.165) is 42.5 Å². The first-order valence-electron chi connectivity index (χ1n) is 8.01. The molecule has 0 aliphatic carbocycles. The molecule has 22 heavy (non-hydrogen) atoms. The molecule has 1 aromatic rings. The first-order valence-corrected chi connectivity index (χ1v) is 8.83. The van der Waals surface area contributed by atoms with Crippen LogP contribution in [0.1, 0.15) is 67.3 Å². The Labute approximate surface area is 137 Å². The number of ether oxygens (including phenoxy) is 1. The van der Waals surface area contributed by atoms with Crippen LogP contribution in [0.5, 0.6) is 0 Å². The van der Waals surface area contributed by atoms with E-state index in [4.69, 9.17) is 4.74 Å². The third kappa shape index (κ3) is 4.32. The van der Waals surface area contributed by atoms with Crippen LogP contribution in [0.25, 0.3) is 0 Å². The fraction of sp³-hybridized carbons (Fsp3) is 0.647. The van der Waals surface area contributed by atoms with Crippen LogP contribution >= 0.6 is 11.3 Å². The van der Waals surface area contributed by atoms with Gasteiger partial charge in [-0.3, -0.25) is 4.79 Å². The number of hydrogen-bond donors (Lipinski definition) is 1. The van der Waals surface area contributed by atoms with E-state index in [9.17, 15) is 9.59 Å². The Morgan fingerprint density at radius 2 is 1.95 bits per heavy atom. The molecule has 1 rings (SSSR count). The predicted molar refractivity (Wildman–Crippen MR) is 91.7 cm³/mol. The normalized spacial score (nSPS) is 12.0. The summed E-state index contributed by atoms with van der Waals surface area (Å²) in [6.45, 7) is 8.12. The van der Waals surface area contributed by atoms with Crippen molar-refractivity contribution in [2.24, 2.45) is 5.92 Å². The van der Waals surface area contributed by atoms with Gasteiger partial charge in [-0.1, -0.05) is 33.6 Å². The number of hydrogen-bond acceptors (Lipinski definition) is 4. The van der Waals surface area contributed by atoms with Crippen LogP contribution in [-0.4, -0.2) is 19.0 Å². The second kappa shape index (κ2) is 8.93. The van der Waals surface area contributed by atoms with E-state index in [-0.39, 0.29) is 17.8 Å². The molecule has 1 N–H and O–H groups in total. The molecule has 124 valence electrons. The molecule has 1 heterocycles. The summed E-state index contributed by atoms with van der Waals surface area (Å²) in [5.74, 6) is -0.374. The summed E-state index contributed by atoms with van der Waals surface area (Å²) in [6.07, 6.45) is 4.56. The highest BCUT2D eigenvalue weighted by Gasteiger charge is 2.25. The number of carbonyl (C=O) groups is 2. The number of unbranched alkanes of at least 4 members (excludes halogenated alkanes) is 1. The molecule has 0 aliphatic heterocycles. The van der Waals surface area contributed by atoms with Crippen LogP contribution in [-0.2, 0) is 16.0 Å². The lowest BCUT2D eigenvalue weighted by Crippen LogP contribution is -2.23. The third-order valence-electron chi connectivity index (χ3n) is 3.96. The van der Waals surface area contributed by atoms with Gasteiger partial charge >= 0.3 is 5.97 Å². The van der Waals surface area contributed by atoms with E-state index in [2.05, 4.69) is 12.2 Å². The minimum atomic E-state index is -0.377. The molecule has 0 saturated heterocycles. The Morgan fingerprint density at radius 1 is 1.27 bits per heavy atom. The molecule has 0 saturated carbocycles. The molecule has 0 aromatic carbocycles. The molecule has 1 unspecified atom stereocenters. The zero-order valence-electron chi connectivity index (χ0n) is 14.2. The molecule has 0 bridgehead atoms. The van der Waals surface area contributed by atoms with Gasteiger partial charge in [0.05, 0.1) is 12.7 Å². The predicted octanol–water partition coefficient (Wildman–Crippen LogP) is 4.56. The number of anilines is 1. The van der Waals surface area contributed by atoms with E-state index in [1.54, 1.807) is 0 Å². The van der Waals surface area contributed by atoms with Gasteiger partial charge in [-0.2, -0.15) is 0 Å². The molecule has 1 atom stereocenters. The Balaban J connectivity index is 3.01. The number of esters is 1. The largest absolute Gasteiger partial charge is 0.465 e. The minimum Gasteiger partial charge on any atom is -0.465 e. The van der Waals surface area contributed by atoms with Gasteiger partial charge in [-0.15, -0.1) is 11.3 Å². The topological polar surface area (TPSA) is 55.4 Å². The average molecular weight is 325 g/mol. The number of nitrogens with one attached hydrogen (secondary N) is 1. The van der Waals surface area contributed by atoms with Crippen molar-refractivity contribution in [2.45, 2.75) is 59.8 Å². The highest BCUT2D eigenvalue weighted by Crippen LogP contribution is 2.34. The fourth-order valence-electron chi connectivity index (χ4n) is 2.60. The van der Waals surface area contributed by atoms with Crippen molar-refractivity contribution in [2.75, 3.05) is 12.4 Å². The minimum absolute atomic E-state index is 0.00192. The number of rotatable bonds is 8. The maximum Gasteiger partial charge on any atom is 0.341 e. The van der Waals surface area contributed by atoms with Crippen molar-refractivity contribution in [3.63, 3.8) is 0 Å². The molecule has 4 nitrogen and oxygen atoms in total. The van der Waals surface area contributed by atoms with Gasteiger partial charge in [-0.05, 0) is 31.7 Å². The van der Waals surface area contributed by atoms with Gasteiger partial charge in [0.15, 0.2) is 0 Å². The Bertz CT molecular complexity index is 522. The van der Waals surface area contributed by atoms with E-state index in [1.807, 2.05) is 20.8 Å². The highest BCUT2D eigenvalue weighted by molar-refractivity contribution is 7.16. The van der Waals surface area contributed by atoms with Crippen molar-refractivity contribution in [3.05, 3.63) is 16.0 Å². The summed E-state index contributed by atoms with van der Waals surface area (Å²) in [4.78, 5) is 25.6. The van der Waals surface area contributed by atoms with Crippen LogP contribution in [0, 0.1) is 12.8 Å². The second-order valence-corrected chi connectivity index (χ2v) is 6.65.